The SMILES string of the molecule is NC1CCC(NC(=O)NC2CCC(N(Cc3ccccc3)C(=O)CCCc3c[nH]c4ccccc34)CC2)CC1. The summed E-state index contributed by atoms with van der Waals surface area (Å²) in [6.07, 6.45) is 11.8. The quantitative estimate of drug-likeness (QED) is 0.298. The van der Waals surface area contributed by atoms with Crippen molar-refractivity contribution in [2.45, 2.75) is 101 Å². The largest absolute Gasteiger partial charge is 0.361 e. The molecule has 2 aliphatic carbocycles. The molecule has 5 N–H and O–H groups in total. The minimum absolute atomic E-state index is 0.0616. The van der Waals surface area contributed by atoms with E-state index < -0.39 is 0 Å². The average Bonchev–Trinajstić information content (AvgIpc) is 3.37. The van der Waals surface area contributed by atoms with Gasteiger partial charge in [0.25, 0.3) is 0 Å². The lowest BCUT2D eigenvalue weighted by Crippen LogP contribution is -2.50. The molecule has 7 heteroatoms. The van der Waals surface area contributed by atoms with Crippen molar-refractivity contribution in [3.8, 4) is 0 Å². The zero-order chi connectivity index (χ0) is 27.0. The van der Waals surface area contributed by atoms with E-state index in [0.717, 1.165) is 75.3 Å². The Kier molecular flexibility index (Phi) is 9.19. The number of aromatic nitrogens is 1. The van der Waals surface area contributed by atoms with Crippen molar-refractivity contribution < 1.29 is 9.59 Å². The molecule has 2 saturated carbocycles. The number of carbonyl (C=O) groups excluding carboxylic acids is 2. The van der Waals surface area contributed by atoms with E-state index in [2.05, 4.69) is 57.0 Å². The van der Waals surface area contributed by atoms with E-state index in [0.29, 0.717) is 13.0 Å². The van der Waals surface area contributed by atoms with Crippen molar-refractivity contribution in [3.05, 3.63) is 71.9 Å². The molecule has 5 rings (SSSR count). The molecule has 0 radical (unpaired) electrons. The molecule has 208 valence electrons. The van der Waals surface area contributed by atoms with Gasteiger partial charge < -0.3 is 26.3 Å². The van der Waals surface area contributed by atoms with Crippen LogP contribution >= 0.6 is 0 Å². The van der Waals surface area contributed by atoms with Gasteiger partial charge in [-0.05, 0) is 81.4 Å². The van der Waals surface area contributed by atoms with Gasteiger partial charge in [0.2, 0.25) is 5.91 Å². The van der Waals surface area contributed by atoms with Gasteiger partial charge in [-0.1, -0.05) is 48.5 Å². The molecule has 0 unspecified atom stereocenters. The van der Waals surface area contributed by atoms with Gasteiger partial charge in [-0.3, -0.25) is 4.79 Å². The lowest BCUT2D eigenvalue weighted by Gasteiger charge is -2.37. The lowest BCUT2D eigenvalue weighted by molar-refractivity contribution is -0.135. The molecule has 0 saturated heterocycles. The number of carbonyl (C=O) groups is 2. The highest BCUT2D eigenvalue weighted by molar-refractivity contribution is 5.83. The predicted octanol–water partition coefficient (Wildman–Crippen LogP) is 5.40. The molecule has 7 nitrogen and oxygen atoms in total. The zero-order valence-corrected chi connectivity index (χ0v) is 22.9. The molecule has 3 amide bonds. The Bertz CT molecular complexity index is 1210. The van der Waals surface area contributed by atoms with E-state index in [1.54, 1.807) is 0 Å². The molecule has 3 aromatic rings. The van der Waals surface area contributed by atoms with Gasteiger partial charge in [0.15, 0.2) is 0 Å². The minimum Gasteiger partial charge on any atom is -0.361 e. The third-order valence-corrected chi connectivity index (χ3v) is 8.61. The first-order valence-corrected chi connectivity index (χ1v) is 14.8. The van der Waals surface area contributed by atoms with Gasteiger partial charge in [-0.2, -0.15) is 0 Å². The van der Waals surface area contributed by atoms with Crippen molar-refractivity contribution in [1.29, 1.82) is 0 Å². The number of fused-ring (bicyclic) bond motifs is 1. The molecular formula is C32H43N5O2. The highest BCUT2D eigenvalue weighted by atomic mass is 16.2. The molecule has 0 atom stereocenters. The van der Waals surface area contributed by atoms with Crippen LogP contribution in [0.2, 0.25) is 0 Å². The average molecular weight is 530 g/mol. The second-order valence-corrected chi connectivity index (χ2v) is 11.5. The fraction of sp³-hybridized carbons (Fsp3) is 0.500. The molecule has 1 heterocycles. The van der Waals surface area contributed by atoms with Crippen molar-refractivity contribution in [1.82, 2.24) is 20.5 Å². The maximum Gasteiger partial charge on any atom is 0.315 e. The van der Waals surface area contributed by atoms with Crippen LogP contribution in [-0.4, -0.2) is 46.0 Å². The normalized spacial score (nSPS) is 23.3. The van der Waals surface area contributed by atoms with Crippen LogP contribution in [0.1, 0.15) is 75.3 Å². The summed E-state index contributed by atoms with van der Waals surface area (Å²) in [6.45, 7) is 0.639. The van der Waals surface area contributed by atoms with Crippen molar-refractivity contribution in [3.63, 3.8) is 0 Å². The van der Waals surface area contributed by atoms with Gasteiger partial charge in [0, 0.05) is 54.2 Å². The molecule has 0 bridgehead atoms. The van der Waals surface area contributed by atoms with Crippen LogP contribution in [0.5, 0.6) is 0 Å². The van der Waals surface area contributed by atoms with Crippen LogP contribution in [0.15, 0.2) is 60.8 Å². The van der Waals surface area contributed by atoms with Gasteiger partial charge in [0.05, 0.1) is 0 Å². The third-order valence-electron chi connectivity index (χ3n) is 8.61. The van der Waals surface area contributed by atoms with E-state index in [9.17, 15) is 9.59 Å². The Balaban J connectivity index is 1.14. The Morgan fingerprint density at radius 2 is 1.49 bits per heavy atom. The summed E-state index contributed by atoms with van der Waals surface area (Å²) < 4.78 is 0. The van der Waals surface area contributed by atoms with E-state index >= 15 is 0 Å². The number of nitrogens with zero attached hydrogens (tertiary/aromatic N) is 1. The zero-order valence-electron chi connectivity index (χ0n) is 22.9. The van der Waals surface area contributed by atoms with Gasteiger partial charge in [0.1, 0.15) is 0 Å². The van der Waals surface area contributed by atoms with Crippen LogP contribution in [0.3, 0.4) is 0 Å². The number of para-hydroxylation sites is 1. The van der Waals surface area contributed by atoms with E-state index in [1.807, 2.05) is 24.3 Å². The molecule has 39 heavy (non-hydrogen) atoms. The Morgan fingerprint density at radius 1 is 0.846 bits per heavy atom. The van der Waals surface area contributed by atoms with Crippen LogP contribution in [0, 0.1) is 0 Å². The minimum atomic E-state index is -0.0616. The number of hydrogen-bond acceptors (Lipinski definition) is 3. The maximum atomic E-state index is 13.6. The smallest absolute Gasteiger partial charge is 0.315 e. The molecule has 2 fully saturated rings. The number of nitrogens with one attached hydrogen (secondary N) is 3. The number of H-pyrrole nitrogens is 1. The fourth-order valence-electron chi connectivity index (χ4n) is 6.32. The topological polar surface area (TPSA) is 103 Å². The molecule has 0 spiro atoms. The number of benzene rings is 2. The summed E-state index contributed by atoms with van der Waals surface area (Å²) in [6, 6.07) is 19.4. The Hall–Kier alpha value is -3.32. The van der Waals surface area contributed by atoms with Crippen LogP contribution in [0.4, 0.5) is 4.79 Å². The summed E-state index contributed by atoms with van der Waals surface area (Å²) in [7, 11) is 0. The van der Waals surface area contributed by atoms with E-state index in [4.69, 9.17) is 5.73 Å². The monoisotopic (exact) mass is 529 g/mol. The number of hydrogen-bond donors (Lipinski definition) is 4. The van der Waals surface area contributed by atoms with Crippen molar-refractivity contribution >= 4 is 22.8 Å². The summed E-state index contributed by atoms with van der Waals surface area (Å²) in [5, 5.41) is 7.58. The second-order valence-electron chi connectivity index (χ2n) is 11.5. The molecule has 2 aliphatic rings. The molecular weight excluding hydrogens is 486 g/mol. The highest BCUT2D eigenvalue weighted by Gasteiger charge is 2.30. The summed E-state index contributed by atoms with van der Waals surface area (Å²) in [5.74, 6) is 0.225. The molecule has 2 aromatic carbocycles. The molecule has 1 aromatic heterocycles. The van der Waals surface area contributed by atoms with Gasteiger partial charge in [-0.25, -0.2) is 4.79 Å². The second kappa shape index (κ2) is 13.2. The van der Waals surface area contributed by atoms with Crippen LogP contribution in [-0.2, 0) is 17.8 Å². The highest BCUT2D eigenvalue weighted by Crippen LogP contribution is 2.27. The van der Waals surface area contributed by atoms with E-state index in [1.165, 1.54) is 10.9 Å². The van der Waals surface area contributed by atoms with Crippen LogP contribution < -0.4 is 16.4 Å². The third kappa shape index (κ3) is 7.41. The number of amides is 3. The predicted molar refractivity (Wildman–Crippen MR) is 156 cm³/mol. The van der Waals surface area contributed by atoms with Crippen molar-refractivity contribution in [2.75, 3.05) is 0 Å². The summed E-state index contributed by atoms with van der Waals surface area (Å²) in [5.41, 5.74) is 9.57. The van der Waals surface area contributed by atoms with Gasteiger partial charge in [-0.15, -0.1) is 0 Å². The van der Waals surface area contributed by atoms with Crippen molar-refractivity contribution in [2.24, 2.45) is 5.73 Å². The number of aryl methyl sites for hydroxylation is 1. The maximum absolute atomic E-state index is 13.6. The lowest BCUT2D eigenvalue weighted by atomic mass is 9.89. The number of aromatic amines is 1. The standard InChI is InChI=1S/C32H43N5O2/c33-25-13-15-26(16-14-25)35-32(39)36-27-17-19-28(20-18-27)37(22-23-7-2-1-3-8-23)31(38)12-6-9-24-21-34-30-11-5-4-10-29(24)30/h1-5,7-8,10-11,21,25-28,34H,6,9,12-20,22,33H2,(H2,35,36,39). The van der Waals surface area contributed by atoms with E-state index in [-0.39, 0.29) is 36.1 Å². The summed E-state index contributed by atoms with van der Waals surface area (Å²) >= 11 is 0. The Morgan fingerprint density at radius 3 is 2.21 bits per heavy atom. The number of rotatable bonds is 9. The Labute approximate surface area is 231 Å². The van der Waals surface area contributed by atoms with Crippen LogP contribution in [0.25, 0.3) is 10.9 Å². The fourth-order valence-corrected chi connectivity index (χ4v) is 6.32. The first-order chi connectivity index (χ1) is 19.0. The summed E-state index contributed by atoms with van der Waals surface area (Å²) in [4.78, 5) is 31.6. The number of nitrogens with two attached hydrogens (primary N) is 1. The first kappa shape index (κ1) is 27.3. The van der Waals surface area contributed by atoms with Gasteiger partial charge >= 0.3 is 6.03 Å². The first-order valence-electron chi connectivity index (χ1n) is 14.8. The molecule has 0 aliphatic heterocycles. The number of urea groups is 1.